The number of para-hydroxylation sites is 1. The summed E-state index contributed by atoms with van der Waals surface area (Å²) >= 11 is 1.52. The van der Waals surface area contributed by atoms with Crippen LogP contribution in [-0.2, 0) is 11.3 Å². The van der Waals surface area contributed by atoms with E-state index in [1.807, 2.05) is 109 Å². The zero-order valence-corrected chi connectivity index (χ0v) is 23.3. The van der Waals surface area contributed by atoms with Gasteiger partial charge in [-0.25, -0.2) is 0 Å². The van der Waals surface area contributed by atoms with Crippen LogP contribution in [0.2, 0.25) is 0 Å². The van der Waals surface area contributed by atoms with Crippen molar-refractivity contribution < 1.29 is 14.3 Å². The molecule has 41 heavy (non-hydrogen) atoms. The molecule has 3 aromatic heterocycles. The lowest BCUT2D eigenvalue weighted by Crippen LogP contribution is -2.34. The maximum absolute atomic E-state index is 14.0. The van der Waals surface area contributed by atoms with Gasteiger partial charge in [-0.2, -0.15) is 0 Å². The van der Waals surface area contributed by atoms with Gasteiger partial charge in [-0.3, -0.25) is 14.0 Å². The summed E-state index contributed by atoms with van der Waals surface area (Å²) in [5.74, 6) is 1.29. The summed E-state index contributed by atoms with van der Waals surface area (Å²) in [6.07, 6.45) is 1.69. The van der Waals surface area contributed by atoms with E-state index in [2.05, 4.69) is 0 Å². The minimum absolute atomic E-state index is 0.143. The highest BCUT2D eigenvalue weighted by atomic mass is 32.1. The fraction of sp³-hybridized carbons (Fsp3) is 0.118. The van der Waals surface area contributed by atoms with Crippen molar-refractivity contribution in [2.24, 2.45) is 0 Å². The van der Waals surface area contributed by atoms with E-state index in [0.717, 1.165) is 32.5 Å². The van der Waals surface area contributed by atoms with Gasteiger partial charge in [0.1, 0.15) is 11.5 Å². The van der Waals surface area contributed by atoms with Crippen molar-refractivity contribution in [2.75, 3.05) is 20.3 Å². The Kier molecular flexibility index (Phi) is 7.63. The van der Waals surface area contributed by atoms with Gasteiger partial charge in [-0.05, 0) is 59.0 Å². The van der Waals surface area contributed by atoms with E-state index < -0.39 is 0 Å². The molecule has 0 fully saturated rings. The number of hydrogen-bond donors (Lipinski definition) is 0. The molecule has 0 saturated carbocycles. The molecule has 0 atom stereocenters. The van der Waals surface area contributed by atoms with Crippen LogP contribution in [0.25, 0.3) is 26.7 Å². The second kappa shape index (κ2) is 11.8. The van der Waals surface area contributed by atoms with Gasteiger partial charge < -0.3 is 14.4 Å². The van der Waals surface area contributed by atoms with Gasteiger partial charge in [0.2, 0.25) is 0 Å². The number of benzene rings is 3. The normalized spacial score (nSPS) is 11.1. The predicted molar refractivity (Wildman–Crippen MR) is 164 cm³/mol. The van der Waals surface area contributed by atoms with Gasteiger partial charge in [-0.15, -0.1) is 11.3 Å². The summed E-state index contributed by atoms with van der Waals surface area (Å²) in [6.45, 7) is 1.28. The van der Waals surface area contributed by atoms with E-state index in [0.29, 0.717) is 36.6 Å². The lowest BCUT2D eigenvalue weighted by molar-refractivity contribution is 0.0682. The van der Waals surface area contributed by atoms with Crippen LogP contribution in [0.4, 0.5) is 0 Å². The Hall–Kier alpha value is -4.72. The van der Waals surface area contributed by atoms with Gasteiger partial charge in [0.15, 0.2) is 0 Å². The zero-order valence-electron chi connectivity index (χ0n) is 22.5. The number of ether oxygens (including phenoxy) is 2. The standard InChI is InChI=1S/C34H28N2O4S/c1-39-20-19-35(22-24-8-4-2-5-9-24)33(37)30-23-36-31(32-29(30)18-21-41-32)17-16-28(34(36)38)25-12-14-27(15-13-25)40-26-10-6-3-7-11-26/h2-18,21,23H,19-20,22H2,1H3. The summed E-state index contributed by atoms with van der Waals surface area (Å²) in [5.41, 5.74) is 3.43. The number of nitrogens with zero attached hydrogens (tertiary/aromatic N) is 2. The zero-order chi connectivity index (χ0) is 28.2. The monoisotopic (exact) mass is 560 g/mol. The molecule has 7 heteroatoms. The molecule has 0 radical (unpaired) electrons. The third-order valence-corrected chi connectivity index (χ3v) is 7.94. The van der Waals surface area contributed by atoms with Crippen LogP contribution in [0.3, 0.4) is 0 Å². The molecule has 6 nitrogen and oxygen atoms in total. The number of thiophene rings is 1. The van der Waals surface area contributed by atoms with Crippen molar-refractivity contribution >= 4 is 32.8 Å². The number of methoxy groups -OCH3 is 1. The summed E-state index contributed by atoms with van der Waals surface area (Å²) in [4.78, 5) is 29.7. The first-order chi connectivity index (χ1) is 20.1. The first-order valence-corrected chi connectivity index (χ1v) is 14.2. The van der Waals surface area contributed by atoms with Gasteiger partial charge in [0.25, 0.3) is 11.5 Å². The summed E-state index contributed by atoms with van der Waals surface area (Å²) < 4.78 is 13.7. The SMILES string of the molecule is COCCN(Cc1ccccc1)C(=O)c1cn2c(=O)c(-c3ccc(Oc4ccccc4)cc3)ccc2c2sccc12. The van der Waals surface area contributed by atoms with Crippen LogP contribution in [0, 0.1) is 0 Å². The molecular weight excluding hydrogens is 532 g/mol. The molecule has 1 amide bonds. The van der Waals surface area contributed by atoms with Crippen LogP contribution in [0.1, 0.15) is 15.9 Å². The van der Waals surface area contributed by atoms with Crippen LogP contribution >= 0.6 is 11.3 Å². The number of fused-ring (bicyclic) bond motifs is 3. The van der Waals surface area contributed by atoms with E-state index in [-0.39, 0.29) is 11.5 Å². The van der Waals surface area contributed by atoms with E-state index in [1.165, 1.54) is 11.3 Å². The van der Waals surface area contributed by atoms with Crippen molar-refractivity contribution in [3.05, 3.63) is 136 Å². The molecule has 0 unspecified atom stereocenters. The highest BCUT2D eigenvalue weighted by Gasteiger charge is 2.22. The Bertz CT molecular complexity index is 1860. The van der Waals surface area contributed by atoms with Gasteiger partial charge >= 0.3 is 0 Å². The summed E-state index contributed by atoms with van der Waals surface area (Å²) in [6, 6.07) is 32.7. The van der Waals surface area contributed by atoms with Gasteiger partial charge in [-0.1, -0.05) is 60.7 Å². The van der Waals surface area contributed by atoms with Crippen molar-refractivity contribution in [3.63, 3.8) is 0 Å². The summed E-state index contributed by atoms with van der Waals surface area (Å²) in [5, 5.41) is 2.80. The van der Waals surface area contributed by atoms with Crippen LogP contribution in [-0.4, -0.2) is 35.5 Å². The molecule has 6 rings (SSSR count). The summed E-state index contributed by atoms with van der Waals surface area (Å²) in [7, 11) is 1.62. The maximum atomic E-state index is 14.0. The largest absolute Gasteiger partial charge is 0.457 e. The molecule has 0 aliphatic rings. The number of hydrogen-bond acceptors (Lipinski definition) is 5. The van der Waals surface area contributed by atoms with Crippen LogP contribution in [0.5, 0.6) is 11.5 Å². The fourth-order valence-corrected chi connectivity index (χ4v) is 5.86. The molecule has 0 aliphatic carbocycles. The molecule has 0 bridgehead atoms. The highest BCUT2D eigenvalue weighted by Crippen LogP contribution is 2.31. The molecule has 0 N–H and O–H groups in total. The van der Waals surface area contributed by atoms with E-state index >= 15 is 0 Å². The Labute approximate surface area is 241 Å². The van der Waals surface area contributed by atoms with Crippen LogP contribution < -0.4 is 10.3 Å². The smallest absolute Gasteiger partial charge is 0.263 e. The third kappa shape index (κ3) is 5.50. The number of rotatable bonds is 9. The van der Waals surface area contributed by atoms with Crippen molar-refractivity contribution in [1.29, 1.82) is 0 Å². The lowest BCUT2D eigenvalue weighted by Gasteiger charge is -2.23. The number of carbonyl (C=O) groups excluding carboxylic acids is 1. The average Bonchev–Trinajstić information content (AvgIpc) is 3.51. The van der Waals surface area contributed by atoms with Crippen molar-refractivity contribution in [3.8, 4) is 22.6 Å². The second-order valence-electron chi connectivity index (χ2n) is 9.66. The van der Waals surface area contributed by atoms with Gasteiger partial charge in [0.05, 0.1) is 22.4 Å². The second-order valence-corrected chi connectivity index (χ2v) is 10.6. The first kappa shape index (κ1) is 26.5. The molecular formula is C34H28N2O4S. The minimum Gasteiger partial charge on any atom is -0.457 e. The number of pyridine rings is 2. The lowest BCUT2D eigenvalue weighted by atomic mass is 10.1. The Morgan fingerprint density at radius 1 is 0.854 bits per heavy atom. The minimum atomic E-state index is -0.185. The number of aromatic nitrogens is 1. The highest BCUT2D eigenvalue weighted by molar-refractivity contribution is 7.18. The first-order valence-electron chi connectivity index (χ1n) is 13.3. The molecule has 204 valence electrons. The topological polar surface area (TPSA) is 60.2 Å². The van der Waals surface area contributed by atoms with Crippen LogP contribution in [0.15, 0.2) is 119 Å². The molecule has 0 spiro atoms. The number of amides is 1. The predicted octanol–water partition coefficient (Wildman–Crippen LogP) is 7.26. The Balaban J connectivity index is 1.38. The Morgan fingerprint density at radius 2 is 1.56 bits per heavy atom. The maximum Gasteiger partial charge on any atom is 0.263 e. The number of carbonyl (C=O) groups is 1. The molecule has 3 aromatic carbocycles. The molecule has 0 aliphatic heterocycles. The van der Waals surface area contributed by atoms with Crippen molar-refractivity contribution in [2.45, 2.75) is 6.54 Å². The molecule has 6 aromatic rings. The van der Waals surface area contributed by atoms with Crippen molar-refractivity contribution in [1.82, 2.24) is 9.30 Å². The fourth-order valence-electron chi connectivity index (χ4n) is 4.93. The van der Waals surface area contributed by atoms with E-state index in [9.17, 15) is 9.59 Å². The average molecular weight is 561 g/mol. The van der Waals surface area contributed by atoms with Gasteiger partial charge in [0, 0.05) is 37.3 Å². The van der Waals surface area contributed by atoms with E-state index in [4.69, 9.17) is 9.47 Å². The molecule has 0 saturated heterocycles. The molecule has 3 heterocycles. The van der Waals surface area contributed by atoms with E-state index in [1.54, 1.807) is 22.6 Å². The quantitative estimate of drug-likeness (QED) is 0.187. The third-order valence-electron chi connectivity index (χ3n) is 7.01. The Morgan fingerprint density at radius 3 is 2.29 bits per heavy atom.